The molecule has 3 rings (SSSR count). The maximum atomic E-state index is 6.12. The van der Waals surface area contributed by atoms with Gasteiger partial charge in [0.25, 0.3) is 0 Å². The van der Waals surface area contributed by atoms with Crippen LogP contribution in [0.15, 0.2) is 18.2 Å². The molecule has 2 saturated heterocycles. The van der Waals surface area contributed by atoms with Crippen LogP contribution < -0.4 is 5.32 Å². The minimum atomic E-state index is 0.637. The van der Waals surface area contributed by atoms with E-state index in [2.05, 4.69) is 23.2 Å². The van der Waals surface area contributed by atoms with Gasteiger partial charge >= 0.3 is 0 Å². The summed E-state index contributed by atoms with van der Waals surface area (Å²) in [5.41, 5.74) is 1.26. The highest BCUT2D eigenvalue weighted by Gasteiger charge is 2.35. The molecule has 110 valence electrons. The van der Waals surface area contributed by atoms with Crippen LogP contribution in [-0.4, -0.2) is 29.6 Å². The van der Waals surface area contributed by atoms with E-state index in [9.17, 15) is 0 Å². The molecule has 1 aromatic carbocycles. The Morgan fingerprint density at radius 1 is 1.15 bits per heavy atom. The van der Waals surface area contributed by atoms with Gasteiger partial charge in [0, 0.05) is 24.7 Å². The Kier molecular flexibility index (Phi) is 4.56. The van der Waals surface area contributed by atoms with Crippen LogP contribution in [0.3, 0.4) is 0 Å². The van der Waals surface area contributed by atoms with Gasteiger partial charge in [0.2, 0.25) is 0 Å². The molecule has 0 aromatic heterocycles. The SMILES string of the molecule is CCN(Cc1ccc(Cl)c(Cl)c1)C1CC2CCC(C1)N2. The maximum Gasteiger partial charge on any atom is 0.0595 e. The van der Waals surface area contributed by atoms with Crippen LogP contribution >= 0.6 is 23.2 Å². The Morgan fingerprint density at radius 2 is 1.85 bits per heavy atom. The molecule has 0 saturated carbocycles. The van der Waals surface area contributed by atoms with Crippen LogP contribution in [0.5, 0.6) is 0 Å². The van der Waals surface area contributed by atoms with E-state index in [0.29, 0.717) is 16.1 Å². The van der Waals surface area contributed by atoms with Gasteiger partial charge in [0.05, 0.1) is 10.0 Å². The molecule has 2 fully saturated rings. The lowest BCUT2D eigenvalue weighted by atomic mass is 9.97. The van der Waals surface area contributed by atoms with E-state index in [1.807, 2.05) is 12.1 Å². The third-order valence-electron chi connectivity index (χ3n) is 4.74. The summed E-state index contributed by atoms with van der Waals surface area (Å²) in [5, 5.41) is 5.01. The minimum absolute atomic E-state index is 0.637. The van der Waals surface area contributed by atoms with Gasteiger partial charge in [0.15, 0.2) is 0 Å². The van der Waals surface area contributed by atoms with Crippen LogP contribution in [0, 0.1) is 0 Å². The first-order valence-electron chi connectivity index (χ1n) is 7.59. The van der Waals surface area contributed by atoms with Crippen LogP contribution in [0.25, 0.3) is 0 Å². The number of fused-ring (bicyclic) bond motifs is 2. The number of hydrogen-bond acceptors (Lipinski definition) is 2. The Bertz CT molecular complexity index is 466. The lowest BCUT2D eigenvalue weighted by molar-refractivity contribution is 0.141. The monoisotopic (exact) mass is 312 g/mol. The molecule has 0 aliphatic carbocycles. The molecular weight excluding hydrogens is 291 g/mol. The zero-order valence-electron chi connectivity index (χ0n) is 11.9. The van der Waals surface area contributed by atoms with Crippen molar-refractivity contribution in [2.45, 2.75) is 57.3 Å². The molecule has 2 bridgehead atoms. The van der Waals surface area contributed by atoms with Crippen LogP contribution in [0.1, 0.15) is 38.2 Å². The maximum absolute atomic E-state index is 6.12. The number of nitrogens with zero attached hydrogens (tertiary/aromatic N) is 1. The number of hydrogen-bond donors (Lipinski definition) is 1. The normalized spacial score (nSPS) is 29.1. The first-order chi connectivity index (χ1) is 9.65. The second-order valence-electron chi connectivity index (χ2n) is 6.07. The molecule has 2 nitrogen and oxygen atoms in total. The molecule has 0 amide bonds. The lowest BCUT2D eigenvalue weighted by Gasteiger charge is -2.37. The van der Waals surface area contributed by atoms with Gasteiger partial charge in [-0.3, -0.25) is 4.90 Å². The van der Waals surface area contributed by atoms with Crippen molar-refractivity contribution < 1.29 is 0 Å². The molecule has 2 aliphatic heterocycles. The fourth-order valence-electron chi connectivity index (χ4n) is 3.70. The fourth-order valence-corrected chi connectivity index (χ4v) is 4.02. The third kappa shape index (κ3) is 3.14. The van der Waals surface area contributed by atoms with Crippen molar-refractivity contribution in [3.8, 4) is 0 Å². The average Bonchev–Trinajstić information content (AvgIpc) is 2.78. The molecule has 0 radical (unpaired) electrons. The Morgan fingerprint density at radius 3 is 2.45 bits per heavy atom. The molecule has 0 spiro atoms. The van der Waals surface area contributed by atoms with Crippen molar-refractivity contribution >= 4 is 23.2 Å². The van der Waals surface area contributed by atoms with Crippen LogP contribution in [0.2, 0.25) is 10.0 Å². The summed E-state index contributed by atoms with van der Waals surface area (Å²) in [7, 11) is 0. The molecule has 2 atom stereocenters. The molecule has 1 aromatic rings. The number of benzene rings is 1. The average molecular weight is 313 g/mol. The summed E-state index contributed by atoms with van der Waals surface area (Å²) in [6.45, 7) is 4.31. The van der Waals surface area contributed by atoms with Crippen molar-refractivity contribution in [1.29, 1.82) is 0 Å². The second-order valence-corrected chi connectivity index (χ2v) is 6.89. The van der Waals surface area contributed by atoms with E-state index in [1.165, 1.54) is 31.2 Å². The number of halogens is 2. The Hall–Kier alpha value is -0.280. The van der Waals surface area contributed by atoms with Gasteiger partial charge in [-0.2, -0.15) is 0 Å². The Balaban J connectivity index is 1.68. The van der Waals surface area contributed by atoms with Crippen molar-refractivity contribution in [3.05, 3.63) is 33.8 Å². The second kappa shape index (κ2) is 6.23. The standard InChI is InChI=1S/C16H22Cl2N2/c1-2-20(10-11-3-6-15(17)16(18)7-11)14-8-12-4-5-13(9-14)19-12/h3,6-7,12-14,19H,2,4-5,8-10H2,1H3. The van der Waals surface area contributed by atoms with E-state index in [0.717, 1.165) is 25.2 Å². The Labute approximate surface area is 131 Å². The van der Waals surface area contributed by atoms with Gasteiger partial charge < -0.3 is 5.32 Å². The van der Waals surface area contributed by atoms with Gasteiger partial charge in [0.1, 0.15) is 0 Å². The largest absolute Gasteiger partial charge is 0.311 e. The summed E-state index contributed by atoms with van der Waals surface area (Å²) in [5.74, 6) is 0. The van der Waals surface area contributed by atoms with E-state index in [1.54, 1.807) is 0 Å². The summed E-state index contributed by atoms with van der Waals surface area (Å²) in [6, 6.07) is 8.17. The van der Waals surface area contributed by atoms with Crippen LogP contribution in [-0.2, 0) is 6.54 Å². The smallest absolute Gasteiger partial charge is 0.0595 e. The highest BCUT2D eigenvalue weighted by Crippen LogP contribution is 2.31. The quantitative estimate of drug-likeness (QED) is 0.900. The molecule has 1 N–H and O–H groups in total. The molecule has 2 aliphatic rings. The fraction of sp³-hybridized carbons (Fsp3) is 0.625. The van der Waals surface area contributed by atoms with Crippen molar-refractivity contribution in [2.24, 2.45) is 0 Å². The molecule has 4 heteroatoms. The topological polar surface area (TPSA) is 15.3 Å². The van der Waals surface area contributed by atoms with Crippen molar-refractivity contribution in [3.63, 3.8) is 0 Å². The zero-order valence-corrected chi connectivity index (χ0v) is 13.4. The number of rotatable bonds is 4. The first kappa shape index (κ1) is 14.6. The number of piperidine rings is 1. The van der Waals surface area contributed by atoms with Crippen molar-refractivity contribution in [2.75, 3.05) is 6.54 Å². The molecule has 20 heavy (non-hydrogen) atoms. The van der Waals surface area contributed by atoms with Gasteiger partial charge in [-0.1, -0.05) is 36.2 Å². The van der Waals surface area contributed by atoms with Crippen molar-refractivity contribution in [1.82, 2.24) is 10.2 Å². The summed E-state index contributed by atoms with van der Waals surface area (Å²) >= 11 is 12.1. The lowest BCUT2D eigenvalue weighted by Crippen LogP contribution is -2.47. The molecular formula is C16H22Cl2N2. The highest BCUT2D eigenvalue weighted by molar-refractivity contribution is 6.42. The van der Waals surface area contributed by atoms with E-state index in [4.69, 9.17) is 23.2 Å². The summed E-state index contributed by atoms with van der Waals surface area (Å²) in [6.07, 6.45) is 5.27. The van der Waals surface area contributed by atoms with Gasteiger partial charge in [-0.25, -0.2) is 0 Å². The summed E-state index contributed by atoms with van der Waals surface area (Å²) in [4.78, 5) is 2.59. The van der Waals surface area contributed by atoms with E-state index < -0.39 is 0 Å². The van der Waals surface area contributed by atoms with E-state index >= 15 is 0 Å². The molecule has 2 unspecified atom stereocenters. The van der Waals surface area contributed by atoms with E-state index in [-0.39, 0.29) is 0 Å². The minimum Gasteiger partial charge on any atom is -0.311 e. The third-order valence-corrected chi connectivity index (χ3v) is 5.48. The first-order valence-corrected chi connectivity index (χ1v) is 8.35. The van der Waals surface area contributed by atoms with Crippen LogP contribution in [0.4, 0.5) is 0 Å². The predicted octanol–water partition coefficient (Wildman–Crippen LogP) is 4.10. The zero-order chi connectivity index (χ0) is 14.1. The summed E-state index contributed by atoms with van der Waals surface area (Å²) < 4.78 is 0. The predicted molar refractivity (Wildman–Crippen MR) is 85.5 cm³/mol. The molecule has 2 heterocycles. The van der Waals surface area contributed by atoms with Gasteiger partial charge in [-0.15, -0.1) is 0 Å². The number of nitrogens with one attached hydrogen (secondary N) is 1. The van der Waals surface area contributed by atoms with Gasteiger partial charge in [-0.05, 0) is 49.9 Å². The highest BCUT2D eigenvalue weighted by atomic mass is 35.5.